The molecule has 3 nitrogen and oxygen atoms in total. The Morgan fingerprint density at radius 2 is 1.50 bits per heavy atom. The van der Waals surface area contributed by atoms with Gasteiger partial charge in [0.1, 0.15) is 0 Å². The lowest BCUT2D eigenvalue weighted by atomic mass is 10.4. The number of fused-ring (bicyclic) bond motifs is 2. The van der Waals surface area contributed by atoms with Crippen molar-refractivity contribution in [3.63, 3.8) is 0 Å². The van der Waals surface area contributed by atoms with Crippen LogP contribution in [0.2, 0.25) is 4.47 Å². The summed E-state index contributed by atoms with van der Waals surface area (Å²) in [5, 5.41) is 0.736. The number of halogens is 1. The van der Waals surface area contributed by atoms with E-state index in [1.54, 1.807) is 22.7 Å². The summed E-state index contributed by atoms with van der Waals surface area (Å²) >= 11 is 8.96. The fourth-order valence-electron chi connectivity index (χ4n) is 2.37. The molecule has 2 aromatic rings. The Morgan fingerprint density at radius 3 is 2.11 bits per heavy atom. The number of hydrogen-bond acceptors (Lipinski definition) is 5. The number of nitrogen functional groups attached to an aromatic ring is 1. The molecule has 2 N–H and O–H groups in total. The largest absolute Gasteiger partial charge is 0.375 e. The van der Waals surface area contributed by atoms with Gasteiger partial charge in [0.05, 0.1) is 11.4 Å². The third kappa shape index (κ3) is 2.53. The zero-order valence-corrected chi connectivity index (χ0v) is 12.3. The standard InChI is InChI=1S/C6H6ClNS.C6H8N2S/c2*7-6-8-4-2-1-3-5(4)9-6/h1-3H2;1-3H2,(H2,7,8). The summed E-state index contributed by atoms with van der Waals surface area (Å²) in [6.45, 7) is 0. The Bertz CT molecular complexity index is 468. The maximum atomic E-state index is 5.69. The molecular formula is C12H14ClN3S2. The molecule has 96 valence electrons. The quantitative estimate of drug-likeness (QED) is 0.810. The van der Waals surface area contributed by atoms with Crippen molar-refractivity contribution >= 4 is 39.4 Å². The molecule has 2 aliphatic rings. The van der Waals surface area contributed by atoms with E-state index < -0.39 is 0 Å². The molecule has 0 saturated heterocycles. The first-order valence-corrected chi connectivity index (χ1v) is 8.11. The molecule has 18 heavy (non-hydrogen) atoms. The summed E-state index contributed by atoms with van der Waals surface area (Å²) in [6, 6.07) is 0. The fraction of sp³-hybridized carbons (Fsp3) is 0.500. The highest BCUT2D eigenvalue weighted by Gasteiger charge is 2.15. The van der Waals surface area contributed by atoms with Gasteiger partial charge in [-0.2, -0.15) is 0 Å². The van der Waals surface area contributed by atoms with Crippen molar-refractivity contribution in [3.05, 3.63) is 25.6 Å². The van der Waals surface area contributed by atoms with Gasteiger partial charge in [0.15, 0.2) is 9.60 Å². The number of aromatic nitrogens is 2. The molecule has 0 amide bonds. The Kier molecular flexibility index (Phi) is 3.54. The van der Waals surface area contributed by atoms with Crippen LogP contribution in [0.1, 0.15) is 34.0 Å². The molecule has 0 atom stereocenters. The van der Waals surface area contributed by atoms with Crippen LogP contribution in [0.25, 0.3) is 0 Å². The lowest BCUT2D eigenvalue weighted by molar-refractivity contribution is 0.899. The number of hydrogen-bond donors (Lipinski definition) is 1. The molecule has 0 saturated carbocycles. The first-order chi connectivity index (χ1) is 8.72. The van der Waals surface area contributed by atoms with Crippen molar-refractivity contribution in [3.8, 4) is 0 Å². The van der Waals surface area contributed by atoms with E-state index in [0.29, 0.717) is 4.47 Å². The maximum absolute atomic E-state index is 5.69. The molecule has 6 heteroatoms. The topological polar surface area (TPSA) is 51.8 Å². The van der Waals surface area contributed by atoms with Crippen LogP contribution in [-0.4, -0.2) is 9.97 Å². The molecule has 0 radical (unpaired) electrons. The van der Waals surface area contributed by atoms with Crippen molar-refractivity contribution in [2.45, 2.75) is 38.5 Å². The van der Waals surface area contributed by atoms with E-state index in [1.165, 1.54) is 46.8 Å². The van der Waals surface area contributed by atoms with Crippen molar-refractivity contribution in [1.82, 2.24) is 9.97 Å². The van der Waals surface area contributed by atoms with E-state index in [2.05, 4.69) is 9.97 Å². The fourth-order valence-corrected chi connectivity index (χ4v) is 4.54. The van der Waals surface area contributed by atoms with E-state index in [4.69, 9.17) is 17.3 Å². The van der Waals surface area contributed by atoms with Gasteiger partial charge >= 0.3 is 0 Å². The van der Waals surface area contributed by atoms with Crippen molar-refractivity contribution in [1.29, 1.82) is 0 Å². The molecule has 2 heterocycles. The van der Waals surface area contributed by atoms with Gasteiger partial charge in [0.2, 0.25) is 0 Å². The number of aryl methyl sites for hydroxylation is 4. The molecule has 2 aliphatic carbocycles. The van der Waals surface area contributed by atoms with Crippen molar-refractivity contribution in [2.75, 3.05) is 5.73 Å². The normalized spacial score (nSPS) is 16.1. The molecule has 0 aromatic carbocycles. The van der Waals surface area contributed by atoms with Crippen LogP contribution in [0.5, 0.6) is 0 Å². The van der Waals surface area contributed by atoms with Crippen LogP contribution in [0.15, 0.2) is 0 Å². The van der Waals surface area contributed by atoms with E-state index >= 15 is 0 Å². The van der Waals surface area contributed by atoms with Crippen molar-refractivity contribution in [2.24, 2.45) is 0 Å². The molecule has 4 rings (SSSR count). The highest BCUT2D eigenvalue weighted by molar-refractivity contribution is 7.16. The average Bonchev–Trinajstić information content (AvgIpc) is 2.97. The van der Waals surface area contributed by atoms with Gasteiger partial charge in [0, 0.05) is 9.75 Å². The SMILES string of the molecule is Clc1nc2c(s1)CCC2.Nc1nc2c(s1)CCC2. The van der Waals surface area contributed by atoms with E-state index in [-0.39, 0.29) is 0 Å². The van der Waals surface area contributed by atoms with Crippen molar-refractivity contribution < 1.29 is 0 Å². The molecule has 0 aliphatic heterocycles. The lowest BCUT2D eigenvalue weighted by Crippen LogP contribution is -1.83. The monoisotopic (exact) mass is 299 g/mol. The minimum atomic E-state index is 0.708. The van der Waals surface area contributed by atoms with Crippen LogP contribution in [-0.2, 0) is 25.7 Å². The van der Waals surface area contributed by atoms with Crippen LogP contribution >= 0.6 is 34.3 Å². The second-order valence-electron chi connectivity index (χ2n) is 4.47. The van der Waals surface area contributed by atoms with Gasteiger partial charge in [0.25, 0.3) is 0 Å². The molecule has 2 aromatic heterocycles. The zero-order chi connectivity index (χ0) is 12.5. The minimum Gasteiger partial charge on any atom is -0.375 e. The van der Waals surface area contributed by atoms with Gasteiger partial charge in [-0.25, -0.2) is 9.97 Å². The van der Waals surface area contributed by atoms with Gasteiger partial charge in [-0.05, 0) is 38.5 Å². The molecule has 0 unspecified atom stereocenters. The number of nitrogens with zero attached hydrogens (tertiary/aromatic N) is 2. The summed E-state index contributed by atoms with van der Waals surface area (Å²) in [7, 11) is 0. The second kappa shape index (κ2) is 5.15. The minimum absolute atomic E-state index is 0.708. The Hall–Kier alpha value is -0.650. The Morgan fingerprint density at radius 1 is 0.889 bits per heavy atom. The summed E-state index contributed by atoms with van der Waals surface area (Å²) in [6.07, 6.45) is 7.21. The summed E-state index contributed by atoms with van der Waals surface area (Å²) in [5.74, 6) is 0. The Balaban J connectivity index is 0.000000111. The van der Waals surface area contributed by atoms with Gasteiger partial charge in [-0.3, -0.25) is 0 Å². The van der Waals surface area contributed by atoms with Gasteiger partial charge in [-0.15, -0.1) is 22.7 Å². The number of nitrogens with two attached hydrogens (primary N) is 1. The number of rotatable bonds is 0. The van der Waals surface area contributed by atoms with E-state index in [9.17, 15) is 0 Å². The average molecular weight is 300 g/mol. The summed E-state index contributed by atoms with van der Waals surface area (Å²) in [4.78, 5) is 11.2. The number of anilines is 1. The molecule has 0 fully saturated rings. The third-order valence-electron chi connectivity index (χ3n) is 3.18. The predicted molar refractivity (Wildman–Crippen MR) is 77.7 cm³/mol. The van der Waals surface area contributed by atoms with E-state index in [0.717, 1.165) is 18.0 Å². The van der Waals surface area contributed by atoms with Crippen LogP contribution < -0.4 is 5.73 Å². The number of thiazole rings is 2. The first-order valence-electron chi connectivity index (χ1n) is 6.10. The van der Waals surface area contributed by atoms with Crippen LogP contribution in [0.4, 0.5) is 5.13 Å². The molecular weight excluding hydrogens is 286 g/mol. The summed E-state index contributed by atoms with van der Waals surface area (Å²) in [5.41, 5.74) is 7.98. The second-order valence-corrected chi connectivity index (χ2v) is 7.25. The lowest BCUT2D eigenvalue weighted by Gasteiger charge is -1.80. The predicted octanol–water partition coefficient (Wildman–Crippen LogP) is 3.50. The van der Waals surface area contributed by atoms with Gasteiger partial charge in [-0.1, -0.05) is 11.6 Å². The van der Waals surface area contributed by atoms with Crippen LogP contribution in [0.3, 0.4) is 0 Å². The zero-order valence-electron chi connectivity index (χ0n) is 9.91. The smallest absolute Gasteiger partial charge is 0.184 e. The highest BCUT2D eigenvalue weighted by Crippen LogP contribution is 2.30. The van der Waals surface area contributed by atoms with Crippen LogP contribution in [0, 0.1) is 0 Å². The summed E-state index contributed by atoms with van der Waals surface area (Å²) < 4.78 is 0.708. The first kappa shape index (κ1) is 12.4. The molecule has 0 spiro atoms. The maximum Gasteiger partial charge on any atom is 0.184 e. The van der Waals surface area contributed by atoms with E-state index in [1.807, 2.05) is 0 Å². The Labute approximate surface area is 119 Å². The molecule has 0 bridgehead atoms. The highest BCUT2D eigenvalue weighted by atomic mass is 35.5. The van der Waals surface area contributed by atoms with Gasteiger partial charge < -0.3 is 5.73 Å². The third-order valence-corrected chi connectivity index (χ3v) is 5.43.